The Bertz CT molecular complexity index is 929. The third kappa shape index (κ3) is 4.97. The Kier molecular flexibility index (Phi) is 7.41. The Hall–Kier alpha value is -2.49. The molecule has 2 N–H and O–H groups in total. The molecule has 1 unspecified atom stereocenters. The van der Waals surface area contributed by atoms with E-state index in [0.29, 0.717) is 11.3 Å². The van der Waals surface area contributed by atoms with E-state index in [2.05, 4.69) is 4.98 Å². The number of nitrogens with zero attached hydrogens (tertiary/aromatic N) is 2. The van der Waals surface area contributed by atoms with Crippen molar-refractivity contribution >= 4 is 15.9 Å². The molecule has 30 heavy (non-hydrogen) atoms. The van der Waals surface area contributed by atoms with Gasteiger partial charge in [0.15, 0.2) is 0 Å². The molecule has 1 aliphatic rings. The summed E-state index contributed by atoms with van der Waals surface area (Å²) in [7, 11) is -2.55. The third-order valence-corrected chi connectivity index (χ3v) is 7.35. The largest absolute Gasteiger partial charge is 0.497 e. The average Bonchev–Trinajstić information content (AvgIpc) is 2.80. The quantitative estimate of drug-likeness (QED) is 0.489. The number of amides is 1. The molecule has 1 amide bonds. The van der Waals surface area contributed by atoms with Crippen molar-refractivity contribution in [3.05, 3.63) is 54.4 Å². The average molecular weight is 434 g/mol. The van der Waals surface area contributed by atoms with E-state index in [1.807, 2.05) is 0 Å². The second-order valence-corrected chi connectivity index (χ2v) is 9.30. The Balaban J connectivity index is 2.05. The highest BCUT2D eigenvalue weighted by atomic mass is 32.2. The first-order chi connectivity index (χ1) is 14.5. The predicted molar refractivity (Wildman–Crippen MR) is 110 cm³/mol. The molecule has 1 heterocycles. The van der Waals surface area contributed by atoms with E-state index in [1.54, 1.807) is 42.1 Å². The van der Waals surface area contributed by atoms with Crippen molar-refractivity contribution in [2.75, 3.05) is 7.11 Å². The molecule has 0 saturated heterocycles. The van der Waals surface area contributed by atoms with Gasteiger partial charge in [-0.05, 0) is 54.7 Å². The molecule has 8 nitrogen and oxygen atoms in total. The van der Waals surface area contributed by atoms with Gasteiger partial charge in [-0.1, -0.05) is 25.3 Å². The summed E-state index contributed by atoms with van der Waals surface area (Å²) in [5, 5.41) is 9.41. The zero-order valence-electron chi connectivity index (χ0n) is 16.9. The molecule has 162 valence electrons. The van der Waals surface area contributed by atoms with Crippen molar-refractivity contribution in [1.82, 2.24) is 14.8 Å². The maximum Gasteiger partial charge on any atom is 0.262 e. The molecule has 3 rings (SSSR count). The molecule has 2 aromatic rings. The number of hydroxylamine groups is 1. The summed E-state index contributed by atoms with van der Waals surface area (Å²) in [4.78, 5) is 16.8. The number of benzene rings is 1. The van der Waals surface area contributed by atoms with Gasteiger partial charge in [-0.3, -0.25) is 15.0 Å². The standard InChI is InChI=1S/C21H27N3O5S/c1-29-18-9-11-19(12-10-18)30(27,28)24(15-16-6-5-13-22-14-16)20(21(25)23-26)17-7-3-2-4-8-17/h5-6,9-14,17,20,26H,2-4,7-8,15H2,1H3,(H,23,25). The monoisotopic (exact) mass is 433 g/mol. The van der Waals surface area contributed by atoms with Crippen LogP contribution in [0.4, 0.5) is 0 Å². The molecule has 1 saturated carbocycles. The van der Waals surface area contributed by atoms with Crippen molar-refractivity contribution in [1.29, 1.82) is 0 Å². The zero-order chi connectivity index (χ0) is 21.6. The number of hydrogen-bond donors (Lipinski definition) is 2. The minimum atomic E-state index is -4.05. The number of ether oxygens (including phenoxy) is 1. The van der Waals surface area contributed by atoms with Gasteiger partial charge >= 0.3 is 0 Å². The van der Waals surface area contributed by atoms with Crippen molar-refractivity contribution in [3.63, 3.8) is 0 Å². The van der Waals surface area contributed by atoms with E-state index in [4.69, 9.17) is 4.74 Å². The van der Waals surface area contributed by atoms with Crippen LogP contribution in [-0.4, -0.2) is 42.0 Å². The number of carbonyl (C=O) groups is 1. The Morgan fingerprint density at radius 3 is 2.50 bits per heavy atom. The van der Waals surface area contributed by atoms with Gasteiger partial charge in [-0.2, -0.15) is 4.31 Å². The summed E-state index contributed by atoms with van der Waals surface area (Å²) in [6.07, 6.45) is 7.51. The van der Waals surface area contributed by atoms with E-state index >= 15 is 0 Å². The number of pyridine rings is 1. The number of methoxy groups -OCH3 is 1. The van der Waals surface area contributed by atoms with E-state index < -0.39 is 22.0 Å². The molecule has 0 spiro atoms. The smallest absolute Gasteiger partial charge is 0.262 e. The fourth-order valence-corrected chi connectivity index (χ4v) is 5.62. The fraction of sp³-hybridized carbons (Fsp3) is 0.429. The van der Waals surface area contributed by atoms with Crippen LogP contribution in [0.3, 0.4) is 0 Å². The number of nitrogens with one attached hydrogen (secondary N) is 1. The van der Waals surface area contributed by atoms with Crippen LogP contribution in [0.1, 0.15) is 37.7 Å². The molecular weight excluding hydrogens is 406 g/mol. The molecule has 9 heteroatoms. The first-order valence-electron chi connectivity index (χ1n) is 9.96. The molecule has 0 bridgehead atoms. The topological polar surface area (TPSA) is 109 Å². The molecule has 1 aliphatic carbocycles. The predicted octanol–water partition coefficient (Wildman–Crippen LogP) is 2.74. The highest BCUT2D eigenvalue weighted by molar-refractivity contribution is 7.89. The Morgan fingerprint density at radius 1 is 1.23 bits per heavy atom. The Labute approximate surface area is 176 Å². The second-order valence-electron chi connectivity index (χ2n) is 7.41. The summed E-state index contributed by atoms with van der Waals surface area (Å²) in [6, 6.07) is 8.50. The summed E-state index contributed by atoms with van der Waals surface area (Å²) in [5.41, 5.74) is 2.34. The van der Waals surface area contributed by atoms with E-state index in [1.165, 1.54) is 23.5 Å². The highest BCUT2D eigenvalue weighted by Gasteiger charge is 2.41. The molecule has 1 aromatic carbocycles. The van der Waals surface area contributed by atoms with Crippen molar-refractivity contribution in [3.8, 4) is 5.75 Å². The lowest BCUT2D eigenvalue weighted by molar-refractivity contribution is -0.135. The number of aromatic nitrogens is 1. The maximum atomic E-state index is 13.6. The SMILES string of the molecule is COc1ccc(S(=O)(=O)N(Cc2cccnc2)C(C(=O)NO)C2CCCCC2)cc1. The molecule has 0 radical (unpaired) electrons. The summed E-state index contributed by atoms with van der Waals surface area (Å²) in [5.74, 6) is -0.372. The van der Waals surface area contributed by atoms with Crippen LogP contribution >= 0.6 is 0 Å². The van der Waals surface area contributed by atoms with Crippen LogP contribution in [0.25, 0.3) is 0 Å². The summed E-state index contributed by atoms with van der Waals surface area (Å²) < 4.78 is 33.6. The lowest BCUT2D eigenvalue weighted by Gasteiger charge is -2.36. The normalized spacial score (nSPS) is 16.2. The molecule has 1 aromatic heterocycles. The van der Waals surface area contributed by atoms with E-state index in [-0.39, 0.29) is 17.4 Å². The van der Waals surface area contributed by atoms with Gasteiger partial charge in [0.2, 0.25) is 10.0 Å². The van der Waals surface area contributed by atoms with Gasteiger partial charge in [0.05, 0.1) is 12.0 Å². The first-order valence-corrected chi connectivity index (χ1v) is 11.4. The van der Waals surface area contributed by atoms with Gasteiger partial charge in [0, 0.05) is 18.9 Å². The van der Waals surface area contributed by atoms with E-state index in [0.717, 1.165) is 32.1 Å². The van der Waals surface area contributed by atoms with E-state index in [9.17, 15) is 18.4 Å². The lowest BCUT2D eigenvalue weighted by atomic mass is 9.83. The lowest BCUT2D eigenvalue weighted by Crippen LogP contribution is -2.52. The number of rotatable bonds is 8. The molecule has 1 atom stereocenters. The summed E-state index contributed by atoms with van der Waals surface area (Å²) in [6.45, 7) is -0.0310. The number of sulfonamides is 1. The second kappa shape index (κ2) is 10.0. The van der Waals surface area contributed by atoms with Crippen LogP contribution in [-0.2, 0) is 21.4 Å². The van der Waals surface area contributed by atoms with Gasteiger partial charge in [0.25, 0.3) is 5.91 Å². The van der Waals surface area contributed by atoms with Crippen molar-refractivity contribution in [2.24, 2.45) is 5.92 Å². The molecular formula is C21H27N3O5S. The fourth-order valence-electron chi connectivity index (χ4n) is 3.98. The van der Waals surface area contributed by atoms with Gasteiger partial charge in [0.1, 0.15) is 11.8 Å². The molecule has 0 aliphatic heterocycles. The van der Waals surface area contributed by atoms with Crippen LogP contribution in [0.5, 0.6) is 5.75 Å². The van der Waals surface area contributed by atoms with Crippen LogP contribution in [0.15, 0.2) is 53.7 Å². The van der Waals surface area contributed by atoms with Gasteiger partial charge < -0.3 is 4.74 Å². The maximum absolute atomic E-state index is 13.6. The number of hydrogen-bond acceptors (Lipinski definition) is 6. The minimum absolute atomic E-state index is 0.0310. The third-order valence-electron chi connectivity index (χ3n) is 5.51. The number of carbonyl (C=O) groups excluding carboxylic acids is 1. The van der Waals surface area contributed by atoms with Crippen molar-refractivity contribution < 1.29 is 23.2 Å². The van der Waals surface area contributed by atoms with Gasteiger partial charge in [-0.15, -0.1) is 0 Å². The van der Waals surface area contributed by atoms with Crippen molar-refractivity contribution in [2.45, 2.75) is 49.6 Å². The first kappa shape index (κ1) is 22.2. The minimum Gasteiger partial charge on any atom is -0.497 e. The van der Waals surface area contributed by atoms with Crippen LogP contribution in [0, 0.1) is 5.92 Å². The molecule has 1 fully saturated rings. The highest BCUT2D eigenvalue weighted by Crippen LogP contribution is 2.33. The van der Waals surface area contributed by atoms with Crippen LogP contribution in [0.2, 0.25) is 0 Å². The Morgan fingerprint density at radius 2 is 1.93 bits per heavy atom. The van der Waals surface area contributed by atoms with Gasteiger partial charge in [-0.25, -0.2) is 13.9 Å². The summed E-state index contributed by atoms with van der Waals surface area (Å²) >= 11 is 0. The van der Waals surface area contributed by atoms with Crippen LogP contribution < -0.4 is 10.2 Å². The zero-order valence-corrected chi connectivity index (χ0v) is 17.7.